The van der Waals surface area contributed by atoms with Crippen LogP contribution in [-0.4, -0.2) is 29.9 Å². The average molecular weight is 224 g/mol. The van der Waals surface area contributed by atoms with Crippen LogP contribution in [0.5, 0.6) is 0 Å². The third kappa shape index (κ3) is 2.76. The highest BCUT2D eigenvalue weighted by atomic mass is 16.2. The minimum Gasteiger partial charge on any atom is -0.341 e. The first kappa shape index (κ1) is 11.9. The van der Waals surface area contributed by atoms with Gasteiger partial charge >= 0.3 is 0 Å². The van der Waals surface area contributed by atoms with Crippen LogP contribution in [0, 0.1) is 11.8 Å². The second-order valence-electron chi connectivity index (χ2n) is 5.64. The molecule has 1 heterocycles. The largest absolute Gasteiger partial charge is 0.341 e. The van der Waals surface area contributed by atoms with E-state index in [1.165, 1.54) is 12.8 Å². The molecule has 0 aromatic rings. The normalized spacial score (nSPS) is 36.1. The molecule has 2 rings (SSSR count). The molecule has 0 unspecified atom stereocenters. The zero-order valence-corrected chi connectivity index (χ0v) is 10.3. The molecular formula is C13H24N2O. The lowest BCUT2D eigenvalue weighted by molar-refractivity contribution is -0.138. The Kier molecular flexibility index (Phi) is 3.85. The molecule has 1 saturated carbocycles. The molecule has 1 atom stereocenters. The second kappa shape index (κ2) is 5.17. The summed E-state index contributed by atoms with van der Waals surface area (Å²) in [6.45, 7) is 4.00. The van der Waals surface area contributed by atoms with Gasteiger partial charge in [0.25, 0.3) is 0 Å². The summed E-state index contributed by atoms with van der Waals surface area (Å²) in [5, 5.41) is 0. The van der Waals surface area contributed by atoms with Gasteiger partial charge in [-0.15, -0.1) is 0 Å². The highest BCUT2D eigenvalue weighted by molar-refractivity contribution is 5.79. The number of amides is 1. The Bertz CT molecular complexity index is 246. The van der Waals surface area contributed by atoms with E-state index in [-0.39, 0.29) is 6.04 Å². The second-order valence-corrected chi connectivity index (χ2v) is 5.64. The number of likely N-dealkylation sites (tertiary alicyclic amines) is 1. The molecule has 0 radical (unpaired) electrons. The van der Waals surface area contributed by atoms with Crippen molar-refractivity contribution >= 4 is 5.91 Å². The molecule has 16 heavy (non-hydrogen) atoms. The summed E-state index contributed by atoms with van der Waals surface area (Å²) in [4.78, 5) is 14.3. The van der Waals surface area contributed by atoms with E-state index in [9.17, 15) is 4.79 Å². The van der Waals surface area contributed by atoms with Crippen molar-refractivity contribution in [1.82, 2.24) is 4.90 Å². The fraction of sp³-hybridized carbons (Fsp3) is 0.923. The molecule has 92 valence electrons. The lowest BCUT2D eigenvalue weighted by Crippen LogP contribution is -2.48. The molecule has 1 saturated heterocycles. The molecular weight excluding hydrogens is 200 g/mol. The minimum absolute atomic E-state index is 0.209. The third-order valence-corrected chi connectivity index (χ3v) is 4.13. The molecule has 1 aliphatic carbocycles. The molecule has 3 heteroatoms. The van der Waals surface area contributed by atoms with Crippen LogP contribution in [0.2, 0.25) is 0 Å². The van der Waals surface area contributed by atoms with Crippen LogP contribution in [0.4, 0.5) is 0 Å². The van der Waals surface area contributed by atoms with E-state index >= 15 is 0 Å². The third-order valence-electron chi connectivity index (χ3n) is 4.13. The molecule has 1 amide bonds. The smallest absolute Gasteiger partial charge is 0.225 e. The van der Waals surface area contributed by atoms with Gasteiger partial charge in [0.15, 0.2) is 0 Å². The van der Waals surface area contributed by atoms with Gasteiger partial charge in [-0.3, -0.25) is 4.79 Å². The van der Waals surface area contributed by atoms with E-state index < -0.39 is 0 Å². The molecule has 0 aromatic heterocycles. The molecule has 2 fully saturated rings. The van der Waals surface area contributed by atoms with Crippen molar-refractivity contribution < 1.29 is 4.79 Å². The predicted octanol–water partition coefficient (Wildman–Crippen LogP) is 1.76. The van der Waals surface area contributed by atoms with Crippen molar-refractivity contribution in [3.63, 3.8) is 0 Å². The summed E-state index contributed by atoms with van der Waals surface area (Å²) < 4.78 is 0. The van der Waals surface area contributed by atoms with Gasteiger partial charge in [0, 0.05) is 25.0 Å². The van der Waals surface area contributed by atoms with Crippen molar-refractivity contribution in [3.8, 4) is 0 Å². The summed E-state index contributed by atoms with van der Waals surface area (Å²) in [7, 11) is 0. The molecule has 3 nitrogen and oxygen atoms in total. The lowest BCUT2D eigenvalue weighted by Gasteiger charge is -2.35. The van der Waals surface area contributed by atoms with Crippen molar-refractivity contribution in [1.29, 1.82) is 0 Å². The van der Waals surface area contributed by atoms with E-state index in [2.05, 4.69) is 6.92 Å². The van der Waals surface area contributed by atoms with Crippen LogP contribution >= 0.6 is 0 Å². The monoisotopic (exact) mass is 224 g/mol. The molecule has 2 N–H and O–H groups in total. The predicted molar refractivity (Wildman–Crippen MR) is 64.9 cm³/mol. The van der Waals surface area contributed by atoms with Crippen LogP contribution in [0.25, 0.3) is 0 Å². The molecule has 2 aliphatic rings. The van der Waals surface area contributed by atoms with Gasteiger partial charge in [-0.25, -0.2) is 0 Å². The molecule has 0 aromatic carbocycles. The van der Waals surface area contributed by atoms with Crippen molar-refractivity contribution in [2.45, 2.75) is 51.5 Å². The van der Waals surface area contributed by atoms with Gasteiger partial charge in [-0.2, -0.15) is 0 Å². The average Bonchev–Trinajstić information content (AvgIpc) is 2.29. The fourth-order valence-corrected chi connectivity index (χ4v) is 2.98. The van der Waals surface area contributed by atoms with E-state index in [1.807, 2.05) is 4.90 Å². The van der Waals surface area contributed by atoms with Gasteiger partial charge in [0.2, 0.25) is 5.91 Å². The van der Waals surface area contributed by atoms with E-state index in [1.54, 1.807) is 0 Å². The fourth-order valence-electron chi connectivity index (χ4n) is 2.98. The Morgan fingerprint density at radius 1 is 1.19 bits per heavy atom. The first-order valence-electron chi connectivity index (χ1n) is 6.71. The van der Waals surface area contributed by atoms with E-state index in [4.69, 9.17) is 5.73 Å². The topological polar surface area (TPSA) is 46.3 Å². The number of hydrogen-bond acceptors (Lipinski definition) is 2. The maximum atomic E-state index is 12.3. The minimum atomic E-state index is 0.209. The Labute approximate surface area is 98.4 Å². The number of rotatable bonds is 1. The summed E-state index contributed by atoms with van der Waals surface area (Å²) in [5.74, 6) is 1.48. The number of carbonyl (C=O) groups excluding carboxylic acids is 1. The number of nitrogens with zero attached hydrogens (tertiary/aromatic N) is 1. The lowest BCUT2D eigenvalue weighted by atomic mass is 9.82. The van der Waals surface area contributed by atoms with Gasteiger partial charge in [0.05, 0.1) is 0 Å². The van der Waals surface area contributed by atoms with Gasteiger partial charge < -0.3 is 10.6 Å². The Morgan fingerprint density at radius 3 is 2.50 bits per heavy atom. The first-order valence-corrected chi connectivity index (χ1v) is 6.71. The number of piperidine rings is 1. The highest BCUT2D eigenvalue weighted by Crippen LogP contribution is 2.30. The molecule has 0 bridgehead atoms. The standard InChI is InChI=1S/C13H24N2O/c1-10-4-6-11(7-5-10)13(16)15-8-2-3-12(14)9-15/h10-12H,2-9,14H2,1H3/t10?,11?,12-/m1/s1. The summed E-state index contributed by atoms with van der Waals surface area (Å²) in [6, 6.07) is 0.209. The molecule has 0 spiro atoms. The quantitative estimate of drug-likeness (QED) is 0.737. The van der Waals surface area contributed by atoms with E-state index in [0.717, 1.165) is 44.7 Å². The highest BCUT2D eigenvalue weighted by Gasteiger charge is 2.30. The van der Waals surface area contributed by atoms with E-state index in [0.29, 0.717) is 11.8 Å². The van der Waals surface area contributed by atoms with Crippen molar-refractivity contribution in [3.05, 3.63) is 0 Å². The van der Waals surface area contributed by atoms with Crippen LogP contribution in [-0.2, 0) is 4.79 Å². The van der Waals surface area contributed by atoms with Crippen LogP contribution in [0.1, 0.15) is 45.4 Å². The Balaban J connectivity index is 1.86. The summed E-state index contributed by atoms with van der Waals surface area (Å²) >= 11 is 0. The van der Waals surface area contributed by atoms with Gasteiger partial charge in [-0.05, 0) is 44.4 Å². The number of hydrogen-bond donors (Lipinski definition) is 1. The van der Waals surface area contributed by atoms with Crippen molar-refractivity contribution in [2.24, 2.45) is 17.6 Å². The van der Waals surface area contributed by atoms with Crippen LogP contribution in [0.3, 0.4) is 0 Å². The van der Waals surface area contributed by atoms with Crippen molar-refractivity contribution in [2.75, 3.05) is 13.1 Å². The first-order chi connectivity index (χ1) is 7.66. The van der Waals surface area contributed by atoms with Gasteiger partial charge in [-0.1, -0.05) is 6.92 Å². The van der Waals surface area contributed by atoms with Crippen LogP contribution < -0.4 is 5.73 Å². The zero-order chi connectivity index (χ0) is 11.5. The zero-order valence-electron chi connectivity index (χ0n) is 10.3. The van der Waals surface area contributed by atoms with Gasteiger partial charge in [0.1, 0.15) is 0 Å². The Morgan fingerprint density at radius 2 is 1.88 bits per heavy atom. The SMILES string of the molecule is CC1CCC(C(=O)N2CCC[C@@H](N)C2)CC1. The summed E-state index contributed by atoms with van der Waals surface area (Å²) in [5.41, 5.74) is 5.92. The maximum Gasteiger partial charge on any atom is 0.225 e. The number of carbonyl (C=O) groups is 1. The summed E-state index contributed by atoms with van der Waals surface area (Å²) in [6.07, 6.45) is 6.77. The Hall–Kier alpha value is -0.570. The van der Waals surface area contributed by atoms with Crippen LogP contribution in [0.15, 0.2) is 0 Å². The number of nitrogens with two attached hydrogens (primary N) is 1. The maximum absolute atomic E-state index is 12.3. The molecule has 1 aliphatic heterocycles.